The number of nitrogens with zero attached hydrogens (tertiary/aromatic N) is 3. The Labute approximate surface area is 90.7 Å². The number of hydrogen-bond acceptors (Lipinski definition) is 3. The van der Waals surface area contributed by atoms with Crippen molar-refractivity contribution in [3.05, 3.63) is 24.5 Å². The Morgan fingerprint density at radius 2 is 2.00 bits per heavy atom. The van der Waals surface area contributed by atoms with Gasteiger partial charge in [-0.1, -0.05) is 0 Å². The van der Waals surface area contributed by atoms with Crippen LogP contribution < -0.4 is 4.90 Å². The molecule has 0 aliphatic carbocycles. The molecule has 3 nitrogen and oxygen atoms in total. The molecule has 0 radical (unpaired) electrons. The number of pyridine rings is 1. The molecule has 0 N–H and O–H groups in total. The normalized spacial score (nSPS) is 30.3. The predicted octanol–water partition coefficient (Wildman–Crippen LogP) is 1.37. The summed E-state index contributed by atoms with van der Waals surface area (Å²) in [5.41, 5.74) is 1.30. The van der Waals surface area contributed by atoms with Gasteiger partial charge in [-0.25, -0.2) is 0 Å². The van der Waals surface area contributed by atoms with Gasteiger partial charge in [-0.3, -0.25) is 4.98 Å². The average Bonchev–Trinajstić information content (AvgIpc) is 2.63. The smallest absolute Gasteiger partial charge is 0.0555 e. The van der Waals surface area contributed by atoms with Crippen molar-refractivity contribution in [3.63, 3.8) is 0 Å². The molecule has 4 heterocycles. The maximum atomic E-state index is 4.22. The van der Waals surface area contributed by atoms with Crippen LogP contribution >= 0.6 is 0 Å². The van der Waals surface area contributed by atoms with Crippen molar-refractivity contribution >= 4 is 5.69 Å². The molecule has 3 aliphatic rings. The van der Waals surface area contributed by atoms with Gasteiger partial charge in [0.1, 0.15) is 0 Å². The first-order valence-corrected chi connectivity index (χ1v) is 5.82. The molecule has 3 aliphatic heterocycles. The van der Waals surface area contributed by atoms with E-state index in [-0.39, 0.29) is 0 Å². The molecule has 80 valence electrons. The highest BCUT2D eigenvalue weighted by molar-refractivity contribution is 5.45. The first-order valence-electron chi connectivity index (χ1n) is 5.82. The number of aromatic nitrogens is 1. The summed E-state index contributed by atoms with van der Waals surface area (Å²) in [6.07, 6.45) is 6.47. The van der Waals surface area contributed by atoms with Crippen LogP contribution in [0.1, 0.15) is 12.8 Å². The number of piperidine rings is 1. The van der Waals surface area contributed by atoms with Gasteiger partial charge in [0.25, 0.3) is 0 Å². The van der Waals surface area contributed by atoms with Gasteiger partial charge in [0.05, 0.1) is 11.9 Å². The van der Waals surface area contributed by atoms with Crippen molar-refractivity contribution in [2.75, 3.05) is 31.1 Å². The van der Waals surface area contributed by atoms with E-state index in [1.54, 1.807) is 0 Å². The van der Waals surface area contributed by atoms with Crippen LogP contribution in [0, 0.1) is 0 Å². The molecule has 0 aromatic carbocycles. The predicted molar refractivity (Wildman–Crippen MR) is 61.0 cm³/mol. The number of rotatable bonds is 1. The first-order chi connectivity index (χ1) is 7.43. The Morgan fingerprint density at radius 1 is 1.13 bits per heavy atom. The van der Waals surface area contributed by atoms with Crippen LogP contribution in [-0.4, -0.2) is 42.1 Å². The van der Waals surface area contributed by atoms with E-state index in [1.807, 2.05) is 18.5 Å². The van der Waals surface area contributed by atoms with Gasteiger partial charge in [-0.2, -0.15) is 0 Å². The minimum Gasteiger partial charge on any atom is -0.366 e. The van der Waals surface area contributed by atoms with E-state index in [4.69, 9.17) is 0 Å². The minimum atomic E-state index is 0.743. The molecule has 0 amide bonds. The highest BCUT2D eigenvalue weighted by Gasteiger charge is 2.28. The summed E-state index contributed by atoms with van der Waals surface area (Å²) < 4.78 is 0. The standard InChI is InChI=1S/C12H17N3/c1-2-12(10-13-5-1)15-9-8-14-6-3-11(15)4-7-14/h1-2,5,10-11H,3-4,6-9H2. The van der Waals surface area contributed by atoms with Gasteiger partial charge in [-0.05, 0) is 25.0 Å². The molecule has 3 heteroatoms. The molecular weight excluding hydrogens is 186 g/mol. The molecule has 3 saturated heterocycles. The Morgan fingerprint density at radius 3 is 2.73 bits per heavy atom. The molecule has 0 atom stereocenters. The fraction of sp³-hybridized carbons (Fsp3) is 0.583. The third-order valence-corrected chi connectivity index (χ3v) is 3.63. The van der Waals surface area contributed by atoms with E-state index < -0.39 is 0 Å². The Balaban J connectivity index is 1.86. The summed E-state index contributed by atoms with van der Waals surface area (Å²) in [5, 5.41) is 0. The molecule has 15 heavy (non-hydrogen) atoms. The minimum absolute atomic E-state index is 0.743. The summed E-state index contributed by atoms with van der Waals surface area (Å²) >= 11 is 0. The van der Waals surface area contributed by atoms with Gasteiger partial charge >= 0.3 is 0 Å². The number of fused-ring (bicyclic) bond motifs is 4. The molecule has 4 rings (SSSR count). The van der Waals surface area contributed by atoms with Gasteiger partial charge in [-0.15, -0.1) is 0 Å². The zero-order chi connectivity index (χ0) is 10.1. The summed E-state index contributed by atoms with van der Waals surface area (Å²) in [5.74, 6) is 0. The fourth-order valence-electron chi connectivity index (χ4n) is 2.75. The van der Waals surface area contributed by atoms with E-state index in [9.17, 15) is 0 Å². The van der Waals surface area contributed by atoms with Crippen LogP contribution in [0.25, 0.3) is 0 Å². The summed E-state index contributed by atoms with van der Waals surface area (Å²) in [4.78, 5) is 9.34. The highest BCUT2D eigenvalue weighted by Crippen LogP contribution is 2.25. The van der Waals surface area contributed by atoms with Crippen molar-refractivity contribution < 1.29 is 0 Å². The third-order valence-electron chi connectivity index (χ3n) is 3.63. The first kappa shape index (κ1) is 9.16. The second kappa shape index (κ2) is 3.81. The van der Waals surface area contributed by atoms with Crippen LogP contribution in [0.4, 0.5) is 5.69 Å². The van der Waals surface area contributed by atoms with Crippen LogP contribution in [0.5, 0.6) is 0 Å². The molecular formula is C12H17N3. The third kappa shape index (κ3) is 1.72. The monoisotopic (exact) mass is 203 g/mol. The lowest BCUT2D eigenvalue weighted by molar-refractivity contribution is 0.250. The highest BCUT2D eigenvalue weighted by atomic mass is 15.3. The topological polar surface area (TPSA) is 19.4 Å². The van der Waals surface area contributed by atoms with Crippen LogP contribution in [-0.2, 0) is 0 Å². The summed E-state index contributed by atoms with van der Waals surface area (Å²) in [6.45, 7) is 4.94. The molecule has 2 bridgehead atoms. The summed E-state index contributed by atoms with van der Waals surface area (Å²) in [7, 11) is 0. The van der Waals surface area contributed by atoms with Crippen molar-refractivity contribution in [2.45, 2.75) is 18.9 Å². The van der Waals surface area contributed by atoms with Crippen LogP contribution in [0.3, 0.4) is 0 Å². The van der Waals surface area contributed by atoms with Crippen molar-refractivity contribution in [1.29, 1.82) is 0 Å². The van der Waals surface area contributed by atoms with Gasteiger partial charge in [0.15, 0.2) is 0 Å². The van der Waals surface area contributed by atoms with E-state index in [1.165, 1.54) is 38.2 Å². The second-order valence-electron chi connectivity index (χ2n) is 4.48. The maximum absolute atomic E-state index is 4.22. The molecule has 1 aromatic rings. The summed E-state index contributed by atoms with van der Waals surface area (Å²) in [6, 6.07) is 4.96. The number of hydrogen-bond donors (Lipinski definition) is 0. The van der Waals surface area contributed by atoms with Crippen molar-refractivity contribution in [2.24, 2.45) is 0 Å². The quantitative estimate of drug-likeness (QED) is 0.687. The SMILES string of the molecule is c1cncc(N2CCN3CCC2CC3)c1. The van der Waals surface area contributed by atoms with Crippen molar-refractivity contribution in [1.82, 2.24) is 9.88 Å². The second-order valence-corrected chi connectivity index (χ2v) is 4.48. The average molecular weight is 203 g/mol. The lowest BCUT2D eigenvalue weighted by Gasteiger charge is -2.32. The lowest BCUT2D eigenvalue weighted by Crippen LogP contribution is -2.37. The van der Waals surface area contributed by atoms with Gasteiger partial charge in [0, 0.05) is 38.4 Å². The van der Waals surface area contributed by atoms with Crippen LogP contribution in [0.15, 0.2) is 24.5 Å². The molecule has 1 aromatic heterocycles. The van der Waals surface area contributed by atoms with E-state index in [0.717, 1.165) is 12.6 Å². The van der Waals surface area contributed by atoms with Gasteiger partial charge in [0.2, 0.25) is 0 Å². The van der Waals surface area contributed by atoms with Gasteiger partial charge < -0.3 is 9.80 Å². The lowest BCUT2D eigenvalue weighted by atomic mass is 10.0. The van der Waals surface area contributed by atoms with Crippen LogP contribution in [0.2, 0.25) is 0 Å². The zero-order valence-corrected chi connectivity index (χ0v) is 8.97. The van der Waals surface area contributed by atoms with E-state index >= 15 is 0 Å². The molecule has 3 fully saturated rings. The largest absolute Gasteiger partial charge is 0.366 e. The van der Waals surface area contributed by atoms with E-state index in [2.05, 4.69) is 20.9 Å². The number of anilines is 1. The zero-order valence-electron chi connectivity index (χ0n) is 8.97. The molecule has 0 unspecified atom stereocenters. The molecule has 0 saturated carbocycles. The van der Waals surface area contributed by atoms with Crippen molar-refractivity contribution in [3.8, 4) is 0 Å². The van der Waals surface area contributed by atoms with E-state index in [0.29, 0.717) is 0 Å². The maximum Gasteiger partial charge on any atom is 0.0555 e. The Hall–Kier alpha value is -1.09. The Bertz CT molecular complexity index is 317. The Kier molecular flexibility index (Phi) is 2.33. The molecule has 0 spiro atoms. The fourth-order valence-corrected chi connectivity index (χ4v) is 2.75.